The van der Waals surface area contributed by atoms with Crippen LogP contribution in [-0.2, 0) is 31.4 Å². The highest BCUT2D eigenvalue weighted by molar-refractivity contribution is 7.94. The summed E-state index contributed by atoms with van der Waals surface area (Å²) in [5.41, 5.74) is 0.955. The van der Waals surface area contributed by atoms with Crippen molar-refractivity contribution in [3.63, 3.8) is 0 Å². The summed E-state index contributed by atoms with van der Waals surface area (Å²) in [6, 6.07) is 14.3. The predicted octanol–water partition coefficient (Wildman–Crippen LogP) is 1.48. The summed E-state index contributed by atoms with van der Waals surface area (Å²) in [6.45, 7) is 1.69. The molecule has 1 atom stereocenters. The van der Waals surface area contributed by atoms with Gasteiger partial charge in [-0.05, 0) is 29.8 Å². The summed E-state index contributed by atoms with van der Waals surface area (Å²) in [5.74, 6) is -1.37. The molecule has 1 aliphatic heterocycles. The SMILES string of the molecule is C[C@H]1CS(=O)(=O)N(c2ccc(S(=O)(=O)NCc3ccccc3)cc2)C1=O. The summed E-state index contributed by atoms with van der Waals surface area (Å²) in [6.07, 6.45) is 0. The molecule has 0 spiro atoms. The van der Waals surface area contributed by atoms with Crippen LogP contribution in [0.2, 0.25) is 0 Å². The van der Waals surface area contributed by atoms with E-state index in [-0.39, 0.29) is 22.9 Å². The molecule has 3 rings (SSSR count). The number of rotatable bonds is 5. The van der Waals surface area contributed by atoms with Gasteiger partial charge in [0.1, 0.15) is 0 Å². The van der Waals surface area contributed by atoms with Gasteiger partial charge in [0.25, 0.3) is 0 Å². The minimum atomic E-state index is -3.75. The van der Waals surface area contributed by atoms with Crippen LogP contribution in [0.15, 0.2) is 59.5 Å². The van der Waals surface area contributed by atoms with Gasteiger partial charge in [0.2, 0.25) is 26.0 Å². The van der Waals surface area contributed by atoms with E-state index in [2.05, 4.69) is 4.72 Å². The lowest BCUT2D eigenvalue weighted by Crippen LogP contribution is -2.30. The molecule has 1 saturated heterocycles. The summed E-state index contributed by atoms with van der Waals surface area (Å²) in [7, 11) is -7.47. The Labute approximate surface area is 152 Å². The van der Waals surface area contributed by atoms with Crippen molar-refractivity contribution < 1.29 is 21.6 Å². The van der Waals surface area contributed by atoms with Gasteiger partial charge >= 0.3 is 0 Å². The second kappa shape index (κ2) is 6.82. The van der Waals surface area contributed by atoms with Crippen molar-refractivity contribution in [1.29, 1.82) is 0 Å². The third kappa shape index (κ3) is 3.64. The first-order valence-electron chi connectivity index (χ1n) is 7.91. The van der Waals surface area contributed by atoms with E-state index in [1.54, 1.807) is 19.1 Å². The van der Waals surface area contributed by atoms with Crippen LogP contribution in [0.3, 0.4) is 0 Å². The molecule has 1 N–H and O–H groups in total. The first kappa shape index (κ1) is 18.6. The zero-order valence-electron chi connectivity index (χ0n) is 14.0. The lowest BCUT2D eigenvalue weighted by Gasteiger charge is -2.15. The number of anilines is 1. The smallest absolute Gasteiger partial charge is 0.244 e. The van der Waals surface area contributed by atoms with Gasteiger partial charge in [-0.25, -0.2) is 25.9 Å². The van der Waals surface area contributed by atoms with Gasteiger partial charge in [-0.2, -0.15) is 0 Å². The Morgan fingerprint density at radius 1 is 1.08 bits per heavy atom. The number of nitrogens with zero attached hydrogens (tertiary/aromatic N) is 1. The Balaban J connectivity index is 1.80. The molecule has 1 fully saturated rings. The van der Waals surface area contributed by atoms with Crippen LogP contribution in [0.1, 0.15) is 12.5 Å². The Morgan fingerprint density at radius 3 is 2.23 bits per heavy atom. The second-order valence-corrected chi connectivity index (χ2v) is 9.72. The highest BCUT2D eigenvalue weighted by Gasteiger charge is 2.41. The van der Waals surface area contributed by atoms with Gasteiger partial charge in [-0.3, -0.25) is 4.79 Å². The van der Waals surface area contributed by atoms with E-state index in [0.29, 0.717) is 0 Å². The number of amides is 1. The molecule has 0 bridgehead atoms. The molecule has 2 aromatic carbocycles. The molecule has 0 aliphatic carbocycles. The largest absolute Gasteiger partial charge is 0.273 e. The fourth-order valence-corrected chi connectivity index (χ4v) is 5.54. The monoisotopic (exact) mass is 394 g/mol. The third-order valence-corrected chi connectivity index (χ3v) is 7.34. The number of carbonyl (C=O) groups is 1. The maximum Gasteiger partial charge on any atom is 0.244 e. The Kier molecular flexibility index (Phi) is 4.87. The average molecular weight is 394 g/mol. The van der Waals surface area contributed by atoms with Crippen LogP contribution in [0, 0.1) is 5.92 Å². The van der Waals surface area contributed by atoms with Gasteiger partial charge in [-0.1, -0.05) is 37.3 Å². The zero-order chi connectivity index (χ0) is 18.9. The first-order chi connectivity index (χ1) is 12.2. The third-order valence-electron chi connectivity index (χ3n) is 4.05. The summed E-state index contributed by atoms with van der Waals surface area (Å²) >= 11 is 0. The minimum absolute atomic E-state index is 0.00530. The molecule has 2 aromatic rings. The van der Waals surface area contributed by atoms with Crippen molar-refractivity contribution in [2.24, 2.45) is 5.92 Å². The van der Waals surface area contributed by atoms with E-state index in [0.717, 1.165) is 9.87 Å². The van der Waals surface area contributed by atoms with E-state index in [4.69, 9.17) is 0 Å². The molecule has 138 valence electrons. The van der Waals surface area contributed by atoms with Gasteiger partial charge in [0.15, 0.2) is 0 Å². The summed E-state index contributed by atoms with van der Waals surface area (Å²) < 4.78 is 52.2. The lowest BCUT2D eigenvalue weighted by atomic mass is 10.2. The minimum Gasteiger partial charge on any atom is -0.273 e. The van der Waals surface area contributed by atoms with Crippen molar-refractivity contribution in [3.8, 4) is 0 Å². The Morgan fingerprint density at radius 2 is 1.69 bits per heavy atom. The highest BCUT2D eigenvalue weighted by atomic mass is 32.2. The van der Waals surface area contributed by atoms with E-state index < -0.39 is 31.9 Å². The van der Waals surface area contributed by atoms with Crippen LogP contribution in [0.5, 0.6) is 0 Å². The van der Waals surface area contributed by atoms with Crippen LogP contribution >= 0.6 is 0 Å². The fraction of sp³-hybridized carbons (Fsp3) is 0.235. The van der Waals surface area contributed by atoms with Gasteiger partial charge < -0.3 is 0 Å². The summed E-state index contributed by atoms with van der Waals surface area (Å²) in [4.78, 5) is 12.1. The van der Waals surface area contributed by atoms with E-state index in [9.17, 15) is 21.6 Å². The number of sulfonamides is 2. The molecule has 7 nitrogen and oxygen atoms in total. The molecular formula is C17H18N2O5S2. The van der Waals surface area contributed by atoms with Crippen LogP contribution in [0.4, 0.5) is 5.69 Å². The van der Waals surface area contributed by atoms with Gasteiger partial charge in [-0.15, -0.1) is 0 Å². The maximum absolute atomic E-state index is 12.4. The molecule has 1 aliphatic rings. The van der Waals surface area contributed by atoms with Crippen molar-refractivity contribution in [1.82, 2.24) is 4.72 Å². The van der Waals surface area contributed by atoms with Crippen LogP contribution in [0.25, 0.3) is 0 Å². The standard InChI is InChI=1S/C17H18N2O5S2/c1-13-12-25(21,22)19(17(13)20)15-7-9-16(10-8-15)26(23,24)18-11-14-5-3-2-4-6-14/h2-10,13,18H,11-12H2,1H3/t13-/m0/s1. The van der Waals surface area contributed by atoms with Crippen molar-refractivity contribution in [3.05, 3.63) is 60.2 Å². The zero-order valence-corrected chi connectivity index (χ0v) is 15.6. The number of carbonyl (C=O) groups excluding carboxylic acids is 1. The molecule has 0 aromatic heterocycles. The topological polar surface area (TPSA) is 101 Å². The number of benzene rings is 2. The predicted molar refractivity (Wildman–Crippen MR) is 97.3 cm³/mol. The normalized spacial score (nSPS) is 19.7. The van der Waals surface area contributed by atoms with Gasteiger partial charge in [0.05, 0.1) is 22.3 Å². The lowest BCUT2D eigenvalue weighted by molar-refractivity contribution is -0.119. The number of hydrogen-bond acceptors (Lipinski definition) is 5. The Hall–Kier alpha value is -2.23. The van der Waals surface area contributed by atoms with Crippen LogP contribution < -0.4 is 9.03 Å². The van der Waals surface area contributed by atoms with E-state index >= 15 is 0 Å². The van der Waals surface area contributed by atoms with Crippen molar-refractivity contribution in [2.45, 2.75) is 18.4 Å². The van der Waals surface area contributed by atoms with Crippen molar-refractivity contribution in [2.75, 3.05) is 10.1 Å². The molecular weight excluding hydrogens is 376 g/mol. The molecule has 1 amide bonds. The fourth-order valence-electron chi connectivity index (χ4n) is 2.71. The molecule has 26 heavy (non-hydrogen) atoms. The average Bonchev–Trinajstić information content (AvgIpc) is 2.81. The molecule has 0 radical (unpaired) electrons. The Bertz CT molecular complexity index is 1020. The van der Waals surface area contributed by atoms with E-state index in [1.807, 2.05) is 18.2 Å². The maximum atomic E-state index is 12.4. The second-order valence-electron chi connectivity index (χ2n) is 6.09. The highest BCUT2D eigenvalue weighted by Crippen LogP contribution is 2.28. The van der Waals surface area contributed by atoms with Crippen molar-refractivity contribution >= 4 is 31.6 Å². The van der Waals surface area contributed by atoms with E-state index in [1.165, 1.54) is 24.3 Å². The quantitative estimate of drug-likeness (QED) is 0.828. The number of hydrogen-bond donors (Lipinski definition) is 1. The summed E-state index contributed by atoms with van der Waals surface area (Å²) in [5, 5.41) is 0. The number of nitrogens with one attached hydrogen (secondary N) is 1. The first-order valence-corrected chi connectivity index (χ1v) is 11.0. The molecule has 0 unspecified atom stereocenters. The molecule has 1 heterocycles. The van der Waals surface area contributed by atoms with Crippen LogP contribution in [-0.4, -0.2) is 28.5 Å². The molecule has 9 heteroatoms. The molecule has 0 saturated carbocycles. The van der Waals surface area contributed by atoms with Gasteiger partial charge in [0, 0.05) is 6.54 Å².